The number of ether oxygens (including phenoxy) is 1. The van der Waals surface area contributed by atoms with Gasteiger partial charge in [-0.05, 0) is 49.9 Å². The summed E-state index contributed by atoms with van der Waals surface area (Å²) in [6.07, 6.45) is 2.11. The monoisotopic (exact) mass is 414 g/mol. The van der Waals surface area contributed by atoms with Crippen LogP contribution in [-0.2, 0) is 6.42 Å². The Morgan fingerprint density at radius 3 is 2.72 bits per heavy atom. The summed E-state index contributed by atoms with van der Waals surface area (Å²) in [4.78, 5) is 17.6. The van der Waals surface area contributed by atoms with Gasteiger partial charge in [0, 0.05) is 53.8 Å². The van der Waals surface area contributed by atoms with E-state index in [9.17, 15) is 9.18 Å². The van der Waals surface area contributed by atoms with E-state index in [1.54, 1.807) is 25.3 Å². The van der Waals surface area contributed by atoms with Crippen LogP contribution in [0.5, 0.6) is 5.75 Å². The molecule has 0 spiro atoms. The lowest BCUT2D eigenvalue weighted by molar-refractivity contribution is 0.104. The molecule has 6 heteroatoms. The van der Waals surface area contributed by atoms with Gasteiger partial charge in [0.1, 0.15) is 11.6 Å². The summed E-state index contributed by atoms with van der Waals surface area (Å²) >= 11 is 5.83. The first-order valence-electron chi connectivity index (χ1n) is 9.73. The zero-order valence-corrected chi connectivity index (χ0v) is 17.6. The number of ketones is 1. The number of fused-ring (bicyclic) bond motifs is 1. The average molecular weight is 415 g/mol. The third kappa shape index (κ3) is 3.77. The van der Waals surface area contributed by atoms with Crippen LogP contribution in [0, 0.1) is 5.82 Å². The molecule has 1 aliphatic heterocycles. The maximum absolute atomic E-state index is 14.2. The van der Waals surface area contributed by atoms with Crippen LogP contribution in [0.3, 0.4) is 0 Å². The van der Waals surface area contributed by atoms with Crippen LogP contribution >= 0.6 is 11.6 Å². The quantitative estimate of drug-likeness (QED) is 0.695. The Labute approximate surface area is 175 Å². The lowest BCUT2D eigenvalue weighted by Crippen LogP contribution is -2.50. The molecule has 1 fully saturated rings. The SMILES string of the molecule is COc1cc2c(cc1N1CCN(C)C(C)C1)C/C(=C\c1ccc(Cl)cc1F)C2=O. The molecule has 0 bridgehead atoms. The number of carbonyl (C=O) groups excluding carboxylic acids is 1. The highest BCUT2D eigenvalue weighted by molar-refractivity contribution is 6.30. The minimum atomic E-state index is -0.432. The van der Waals surface area contributed by atoms with Gasteiger partial charge in [-0.25, -0.2) is 4.39 Å². The van der Waals surface area contributed by atoms with Gasteiger partial charge in [-0.15, -0.1) is 0 Å². The Morgan fingerprint density at radius 1 is 1.24 bits per heavy atom. The number of nitrogens with zero attached hydrogens (tertiary/aromatic N) is 2. The number of carbonyl (C=O) groups is 1. The lowest BCUT2D eigenvalue weighted by Gasteiger charge is -2.39. The fourth-order valence-electron chi connectivity index (χ4n) is 4.03. The molecule has 1 unspecified atom stereocenters. The third-order valence-corrected chi connectivity index (χ3v) is 6.15. The second-order valence-electron chi connectivity index (χ2n) is 7.80. The van der Waals surface area contributed by atoms with Gasteiger partial charge in [0.25, 0.3) is 0 Å². The first-order valence-corrected chi connectivity index (χ1v) is 10.1. The van der Waals surface area contributed by atoms with Crippen LogP contribution < -0.4 is 9.64 Å². The van der Waals surface area contributed by atoms with Crippen molar-refractivity contribution in [1.29, 1.82) is 0 Å². The molecule has 0 aromatic heterocycles. The highest BCUT2D eigenvalue weighted by Gasteiger charge is 2.30. The fourth-order valence-corrected chi connectivity index (χ4v) is 4.19. The summed E-state index contributed by atoms with van der Waals surface area (Å²) in [5.41, 5.74) is 3.54. The van der Waals surface area contributed by atoms with Crippen molar-refractivity contribution in [3.8, 4) is 5.75 Å². The van der Waals surface area contributed by atoms with Crippen LogP contribution in [0.15, 0.2) is 35.9 Å². The highest BCUT2D eigenvalue weighted by Crippen LogP contribution is 2.38. The maximum Gasteiger partial charge on any atom is 0.189 e. The maximum atomic E-state index is 14.2. The van der Waals surface area contributed by atoms with Gasteiger partial charge in [-0.3, -0.25) is 4.79 Å². The lowest BCUT2D eigenvalue weighted by atomic mass is 10.1. The van der Waals surface area contributed by atoms with E-state index >= 15 is 0 Å². The van der Waals surface area contributed by atoms with E-state index in [4.69, 9.17) is 16.3 Å². The van der Waals surface area contributed by atoms with Crippen LogP contribution in [0.4, 0.5) is 10.1 Å². The van der Waals surface area contributed by atoms with Gasteiger partial charge < -0.3 is 14.5 Å². The minimum absolute atomic E-state index is 0.0778. The Balaban J connectivity index is 1.68. The predicted octanol–water partition coefficient (Wildman–Crippen LogP) is 4.45. The largest absolute Gasteiger partial charge is 0.495 e. The number of benzene rings is 2. The highest BCUT2D eigenvalue weighted by atomic mass is 35.5. The molecule has 2 aliphatic rings. The zero-order chi connectivity index (χ0) is 20.7. The van der Waals surface area contributed by atoms with Crippen LogP contribution in [0.2, 0.25) is 5.02 Å². The average Bonchev–Trinajstić information content (AvgIpc) is 3.00. The van der Waals surface area contributed by atoms with Crippen molar-refractivity contribution >= 4 is 29.1 Å². The summed E-state index contributed by atoms with van der Waals surface area (Å²) in [5.74, 6) is 0.192. The van der Waals surface area contributed by atoms with Crippen LogP contribution in [-0.4, -0.2) is 50.5 Å². The molecule has 2 aromatic rings. The standard InChI is InChI=1S/C23H24ClFN2O2/c1-14-13-27(7-6-26(14)2)21-10-16-9-17(23(28)19(16)12-22(21)29-3)8-15-4-5-18(24)11-20(15)25/h4-5,8,10-12,14H,6-7,9,13H2,1-3H3/b17-8+. The number of likely N-dealkylation sites (N-methyl/N-ethyl adjacent to an activating group) is 1. The van der Waals surface area contributed by atoms with Gasteiger partial charge in [0.15, 0.2) is 5.78 Å². The second-order valence-corrected chi connectivity index (χ2v) is 8.23. The number of anilines is 1. The molecule has 1 saturated heterocycles. The number of Topliss-reactive ketones (excluding diaryl/α,β-unsaturated/α-hetero) is 1. The zero-order valence-electron chi connectivity index (χ0n) is 16.8. The second kappa shape index (κ2) is 7.81. The molecule has 1 atom stereocenters. The molecular formula is C23H24ClFN2O2. The van der Waals surface area contributed by atoms with E-state index in [1.165, 1.54) is 6.07 Å². The molecule has 0 radical (unpaired) electrons. The van der Waals surface area contributed by atoms with Gasteiger partial charge in [0.05, 0.1) is 12.8 Å². The summed E-state index contributed by atoms with van der Waals surface area (Å²) < 4.78 is 19.8. The summed E-state index contributed by atoms with van der Waals surface area (Å²) in [6, 6.07) is 8.80. The molecule has 29 heavy (non-hydrogen) atoms. The molecule has 4 rings (SSSR count). The van der Waals surface area contributed by atoms with Crippen molar-refractivity contribution in [1.82, 2.24) is 4.90 Å². The summed E-state index contributed by atoms with van der Waals surface area (Å²) in [7, 11) is 3.76. The Morgan fingerprint density at radius 2 is 2.03 bits per heavy atom. The molecule has 1 aliphatic carbocycles. The van der Waals surface area contributed by atoms with E-state index in [0.717, 1.165) is 30.9 Å². The first-order chi connectivity index (χ1) is 13.9. The van der Waals surface area contributed by atoms with E-state index in [-0.39, 0.29) is 5.78 Å². The van der Waals surface area contributed by atoms with Gasteiger partial charge in [-0.1, -0.05) is 17.7 Å². The third-order valence-electron chi connectivity index (χ3n) is 5.91. The number of piperazine rings is 1. The minimum Gasteiger partial charge on any atom is -0.495 e. The van der Waals surface area contributed by atoms with Crippen molar-refractivity contribution in [2.24, 2.45) is 0 Å². The summed E-state index contributed by atoms with van der Waals surface area (Å²) in [6.45, 7) is 4.99. The number of hydrogen-bond acceptors (Lipinski definition) is 4. The van der Waals surface area contributed by atoms with Crippen molar-refractivity contribution < 1.29 is 13.9 Å². The Kier molecular flexibility index (Phi) is 5.36. The normalized spacial score (nSPS) is 21.0. The van der Waals surface area contributed by atoms with Gasteiger partial charge in [-0.2, -0.15) is 0 Å². The molecular weight excluding hydrogens is 391 g/mol. The Hall–Kier alpha value is -2.37. The molecule has 1 heterocycles. The molecule has 152 valence electrons. The number of rotatable bonds is 3. The van der Waals surface area contributed by atoms with E-state index in [0.29, 0.717) is 39.9 Å². The number of methoxy groups -OCH3 is 1. The van der Waals surface area contributed by atoms with Crippen molar-refractivity contribution in [3.05, 3.63) is 63.4 Å². The van der Waals surface area contributed by atoms with Crippen LogP contribution in [0.1, 0.15) is 28.4 Å². The number of allylic oxidation sites excluding steroid dienone is 1. The molecule has 2 aromatic carbocycles. The predicted molar refractivity (Wildman–Crippen MR) is 115 cm³/mol. The molecule has 4 nitrogen and oxygen atoms in total. The fraction of sp³-hybridized carbons (Fsp3) is 0.348. The van der Waals surface area contributed by atoms with Gasteiger partial charge in [0.2, 0.25) is 0 Å². The van der Waals surface area contributed by atoms with E-state index in [1.807, 2.05) is 6.07 Å². The van der Waals surface area contributed by atoms with E-state index in [2.05, 4.69) is 29.8 Å². The van der Waals surface area contributed by atoms with Crippen molar-refractivity contribution in [2.45, 2.75) is 19.4 Å². The Bertz CT molecular complexity index is 1000. The van der Waals surface area contributed by atoms with E-state index < -0.39 is 5.82 Å². The number of halogens is 2. The van der Waals surface area contributed by atoms with Crippen molar-refractivity contribution in [2.75, 3.05) is 38.7 Å². The molecule has 0 N–H and O–H groups in total. The molecule has 0 saturated carbocycles. The topological polar surface area (TPSA) is 32.8 Å². The smallest absolute Gasteiger partial charge is 0.189 e. The summed E-state index contributed by atoms with van der Waals surface area (Å²) in [5, 5.41) is 0.335. The number of hydrogen-bond donors (Lipinski definition) is 0. The first kappa shape index (κ1) is 19.9. The molecule has 0 amide bonds. The van der Waals surface area contributed by atoms with Gasteiger partial charge >= 0.3 is 0 Å². The van der Waals surface area contributed by atoms with Crippen LogP contribution in [0.25, 0.3) is 6.08 Å². The van der Waals surface area contributed by atoms with Crippen molar-refractivity contribution in [3.63, 3.8) is 0 Å².